The monoisotopic (exact) mass is 542 g/mol. The van der Waals surface area contributed by atoms with Crippen molar-refractivity contribution in [2.75, 3.05) is 5.32 Å². The molecule has 3 N–H and O–H groups in total. The van der Waals surface area contributed by atoms with Crippen LogP contribution in [0.3, 0.4) is 0 Å². The third-order valence-electron chi connectivity index (χ3n) is 5.47. The normalized spacial score (nSPS) is 12.4. The Balaban J connectivity index is 1.59. The SMILES string of the molecule is CC(Sc1nc2ccccc2c(=O)n1CCc1ccc(S(N)(=O)=O)cc1)C(=O)Nc1ccc(Cl)cc1. The van der Waals surface area contributed by atoms with Crippen molar-refractivity contribution in [1.29, 1.82) is 0 Å². The lowest BCUT2D eigenvalue weighted by Crippen LogP contribution is -2.27. The second-order valence-electron chi connectivity index (χ2n) is 8.06. The number of amides is 1. The number of hydrogen-bond acceptors (Lipinski definition) is 6. The number of thioether (sulfide) groups is 1. The molecule has 1 amide bonds. The molecule has 3 aromatic carbocycles. The fourth-order valence-electron chi connectivity index (χ4n) is 3.51. The van der Waals surface area contributed by atoms with Crippen LogP contribution in [0.2, 0.25) is 5.02 Å². The predicted octanol–water partition coefficient (Wildman–Crippen LogP) is 4.06. The average Bonchev–Trinajstić information content (AvgIpc) is 2.85. The van der Waals surface area contributed by atoms with Gasteiger partial charge in [0.1, 0.15) is 0 Å². The second-order valence-corrected chi connectivity index (χ2v) is 11.4. The van der Waals surface area contributed by atoms with Gasteiger partial charge in [-0.2, -0.15) is 0 Å². The highest BCUT2D eigenvalue weighted by Gasteiger charge is 2.20. The quantitative estimate of drug-likeness (QED) is 0.255. The lowest BCUT2D eigenvalue weighted by Gasteiger charge is -2.16. The van der Waals surface area contributed by atoms with Gasteiger partial charge in [0.05, 0.1) is 21.0 Å². The molecular formula is C25H23ClN4O4S2. The lowest BCUT2D eigenvalue weighted by atomic mass is 10.1. The van der Waals surface area contributed by atoms with Crippen molar-refractivity contribution in [3.8, 4) is 0 Å². The van der Waals surface area contributed by atoms with E-state index in [0.29, 0.717) is 39.7 Å². The number of hydrogen-bond donors (Lipinski definition) is 2. The first-order valence-electron chi connectivity index (χ1n) is 11.0. The zero-order chi connectivity index (χ0) is 25.9. The van der Waals surface area contributed by atoms with Gasteiger partial charge in [-0.1, -0.05) is 47.6 Å². The predicted molar refractivity (Wildman–Crippen MR) is 143 cm³/mol. The molecule has 0 aliphatic heterocycles. The van der Waals surface area contributed by atoms with Crippen molar-refractivity contribution in [2.45, 2.75) is 35.2 Å². The summed E-state index contributed by atoms with van der Waals surface area (Å²) < 4.78 is 24.6. The Morgan fingerprint density at radius 3 is 2.42 bits per heavy atom. The fourth-order valence-corrected chi connectivity index (χ4v) is 5.09. The molecule has 8 nitrogen and oxygen atoms in total. The Hall–Kier alpha value is -3.18. The first-order chi connectivity index (χ1) is 17.1. The van der Waals surface area contributed by atoms with E-state index in [9.17, 15) is 18.0 Å². The zero-order valence-corrected chi connectivity index (χ0v) is 21.6. The molecule has 1 aromatic heterocycles. The van der Waals surface area contributed by atoms with E-state index < -0.39 is 15.3 Å². The summed E-state index contributed by atoms with van der Waals surface area (Å²) in [6.07, 6.45) is 0.448. The largest absolute Gasteiger partial charge is 0.325 e. The van der Waals surface area contributed by atoms with E-state index in [0.717, 1.165) is 5.56 Å². The van der Waals surface area contributed by atoms with Crippen molar-refractivity contribution >= 4 is 55.9 Å². The van der Waals surface area contributed by atoms with Crippen LogP contribution in [-0.4, -0.2) is 29.1 Å². The highest BCUT2D eigenvalue weighted by atomic mass is 35.5. The third-order valence-corrected chi connectivity index (χ3v) is 7.74. The summed E-state index contributed by atoms with van der Waals surface area (Å²) in [6.45, 7) is 2.03. The van der Waals surface area contributed by atoms with Crippen LogP contribution in [0, 0.1) is 0 Å². The summed E-state index contributed by atoms with van der Waals surface area (Å²) in [5.41, 5.74) is 1.77. The summed E-state index contributed by atoms with van der Waals surface area (Å²) in [4.78, 5) is 30.8. The summed E-state index contributed by atoms with van der Waals surface area (Å²) >= 11 is 7.10. The number of nitrogens with two attached hydrogens (primary N) is 1. The molecule has 0 saturated carbocycles. The minimum absolute atomic E-state index is 0.0209. The van der Waals surface area contributed by atoms with Crippen molar-refractivity contribution in [3.05, 3.63) is 93.7 Å². The van der Waals surface area contributed by atoms with Crippen LogP contribution in [0.15, 0.2) is 87.6 Å². The molecule has 4 rings (SSSR count). The fraction of sp³-hybridized carbons (Fsp3) is 0.160. The zero-order valence-electron chi connectivity index (χ0n) is 19.2. The van der Waals surface area contributed by atoms with Gasteiger partial charge in [0.25, 0.3) is 5.56 Å². The number of para-hydroxylation sites is 1. The Bertz CT molecular complexity index is 1570. The average molecular weight is 543 g/mol. The molecule has 0 radical (unpaired) electrons. The van der Waals surface area contributed by atoms with Crippen LogP contribution in [0.5, 0.6) is 0 Å². The van der Waals surface area contributed by atoms with Crippen molar-refractivity contribution in [3.63, 3.8) is 0 Å². The van der Waals surface area contributed by atoms with Crippen LogP contribution in [0.1, 0.15) is 12.5 Å². The van der Waals surface area contributed by atoms with Gasteiger partial charge in [-0.3, -0.25) is 14.2 Å². The minimum Gasteiger partial charge on any atom is -0.325 e. The van der Waals surface area contributed by atoms with Crippen LogP contribution in [0.25, 0.3) is 10.9 Å². The number of aryl methyl sites for hydroxylation is 1. The Morgan fingerprint density at radius 1 is 1.08 bits per heavy atom. The van der Waals surface area contributed by atoms with E-state index in [1.807, 2.05) is 0 Å². The van der Waals surface area contributed by atoms with Crippen LogP contribution >= 0.6 is 23.4 Å². The van der Waals surface area contributed by atoms with Gasteiger partial charge in [-0.25, -0.2) is 18.5 Å². The van der Waals surface area contributed by atoms with E-state index in [-0.39, 0.29) is 16.4 Å². The van der Waals surface area contributed by atoms with E-state index in [1.54, 1.807) is 72.2 Å². The molecular weight excluding hydrogens is 520 g/mol. The molecule has 1 heterocycles. The number of aromatic nitrogens is 2. The maximum absolute atomic E-state index is 13.3. The number of nitrogens with zero attached hydrogens (tertiary/aromatic N) is 2. The second kappa shape index (κ2) is 10.8. The molecule has 0 bridgehead atoms. The maximum atomic E-state index is 13.3. The number of rotatable bonds is 8. The highest BCUT2D eigenvalue weighted by molar-refractivity contribution is 8.00. The molecule has 186 valence electrons. The van der Waals surface area contributed by atoms with Crippen molar-refractivity contribution in [2.24, 2.45) is 5.14 Å². The number of benzene rings is 3. The first-order valence-corrected chi connectivity index (χ1v) is 13.8. The topological polar surface area (TPSA) is 124 Å². The van der Waals surface area contributed by atoms with Gasteiger partial charge in [0.15, 0.2) is 5.16 Å². The van der Waals surface area contributed by atoms with Gasteiger partial charge >= 0.3 is 0 Å². The number of carbonyl (C=O) groups is 1. The molecule has 36 heavy (non-hydrogen) atoms. The van der Waals surface area contributed by atoms with Crippen molar-refractivity contribution < 1.29 is 13.2 Å². The maximum Gasteiger partial charge on any atom is 0.262 e. The van der Waals surface area contributed by atoms with E-state index in [1.165, 1.54) is 23.9 Å². The Labute approximate surface area is 217 Å². The number of primary sulfonamides is 1. The molecule has 1 unspecified atom stereocenters. The van der Waals surface area contributed by atoms with Gasteiger partial charge in [0, 0.05) is 17.3 Å². The molecule has 1 atom stereocenters. The summed E-state index contributed by atoms with van der Waals surface area (Å²) in [6, 6.07) is 20.0. The summed E-state index contributed by atoms with van der Waals surface area (Å²) in [5.74, 6) is -0.241. The number of sulfonamides is 1. The molecule has 11 heteroatoms. The summed E-state index contributed by atoms with van der Waals surface area (Å²) in [5, 5.41) is 8.92. The van der Waals surface area contributed by atoms with E-state index >= 15 is 0 Å². The van der Waals surface area contributed by atoms with Crippen LogP contribution in [-0.2, 0) is 27.8 Å². The number of anilines is 1. The molecule has 0 aliphatic carbocycles. The standard InChI is InChI=1S/C25H23ClN4O4S2/c1-16(23(31)28-19-10-8-18(26)9-11-19)35-25-29-22-5-3-2-4-21(22)24(32)30(25)15-14-17-6-12-20(13-7-17)36(27,33)34/h2-13,16H,14-15H2,1H3,(H,28,31)(H2,27,33,34). The molecule has 0 spiro atoms. The molecule has 4 aromatic rings. The van der Waals surface area contributed by atoms with Crippen LogP contribution in [0.4, 0.5) is 5.69 Å². The molecule has 0 aliphatic rings. The number of fused-ring (bicyclic) bond motifs is 1. The van der Waals surface area contributed by atoms with Gasteiger partial charge < -0.3 is 5.32 Å². The van der Waals surface area contributed by atoms with E-state index in [2.05, 4.69) is 10.3 Å². The summed E-state index contributed by atoms with van der Waals surface area (Å²) in [7, 11) is -3.78. The smallest absolute Gasteiger partial charge is 0.262 e. The Morgan fingerprint density at radius 2 is 1.75 bits per heavy atom. The first kappa shape index (κ1) is 25.9. The van der Waals surface area contributed by atoms with Gasteiger partial charge in [-0.15, -0.1) is 0 Å². The van der Waals surface area contributed by atoms with Crippen molar-refractivity contribution in [1.82, 2.24) is 9.55 Å². The Kier molecular flexibility index (Phi) is 7.79. The molecule has 0 saturated heterocycles. The lowest BCUT2D eigenvalue weighted by molar-refractivity contribution is -0.115. The number of carbonyl (C=O) groups excluding carboxylic acids is 1. The third kappa shape index (κ3) is 6.14. The van der Waals surface area contributed by atoms with Crippen LogP contribution < -0.4 is 16.0 Å². The highest BCUT2D eigenvalue weighted by Crippen LogP contribution is 2.24. The van der Waals surface area contributed by atoms with E-state index in [4.69, 9.17) is 16.7 Å². The van der Waals surface area contributed by atoms with Gasteiger partial charge in [0.2, 0.25) is 15.9 Å². The number of nitrogens with one attached hydrogen (secondary N) is 1. The number of halogens is 1. The van der Waals surface area contributed by atoms with Gasteiger partial charge in [-0.05, 0) is 67.4 Å². The molecule has 0 fully saturated rings. The minimum atomic E-state index is -3.78.